The number of piperazine rings is 1. The molecule has 2 rings (SSSR count). The molecule has 0 aromatic heterocycles. The fourth-order valence-corrected chi connectivity index (χ4v) is 3.47. The van der Waals surface area contributed by atoms with Gasteiger partial charge in [0.1, 0.15) is 5.82 Å². The van der Waals surface area contributed by atoms with Gasteiger partial charge in [-0.25, -0.2) is 12.8 Å². The van der Waals surface area contributed by atoms with E-state index in [1.807, 2.05) is 7.05 Å². The van der Waals surface area contributed by atoms with Gasteiger partial charge >= 0.3 is 0 Å². The largest absolute Gasteiger partial charge is 0.398 e. The summed E-state index contributed by atoms with van der Waals surface area (Å²) in [6, 6.07) is 2.37. The third-order valence-corrected chi connectivity index (χ3v) is 5.33. The Morgan fingerprint density at radius 2 is 1.79 bits per heavy atom. The molecular formula is C12H18FN3O2S. The number of anilines is 1. The van der Waals surface area contributed by atoms with Crippen LogP contribution >= 0.6 is 0 Å². The van der Waals surface area contributed by atoms with Crippen molar-refractivity contribution in [1.82, 2.24) is 9.21 Å². The lowest BCUT2D eigenvalue weighted by Crippen LogP contribution is -2.47. The predicted molar refractivity (Wildman–Crippen MR) is 71.8 cm³/mol. The molecule has 1 aromatic carbocycles. The third-order valence-electron chi connectivity index (χ3n) is 3.46. The summed E-state index contributed by atoms with van der Waals surface area (Å²) in [4.78, 5) is 1.98. The van der Waals surface area contributed by atoms with E-state index < -0.39 is 15.8 Å². The lowest BCUT2D eigenvalue weighted by molar-refractivity contribution is 0.222. The maximum atomic E-state index is 13.6. The highest BCUT2D eigenvalue weighted by molar-refractivity contribution is 7.89. The molecule has 5 nitrogen and oxygen atoms in total. The van der Waals surface area contributed by atoms with Crippen molar-refractivity contribution in [2.45, 2.75) is 11.8 Å². The van der Waals surface area contributed by atoms with Gasteiger partial charge in [-0.2, -0.15) is 4.31 Å². The van der Waals surface area contributed by atoms with Crippen LogP contribution in [0.5, 0.6) is 0 Å². The Balaban J connectivity index is 2.35. The van der Waals surface area contributed by atoms with Gasteiger partial charge in [-0.15, -0.1) is 0 Å². The highest BCUT2D eigenvalue weighted by Gasteiger charge is 2.28. The number of nitrogen functional groups attached to an aromatic ring is 1. The van der Waals surface area contributed by atoms with Gasteiger partial charge in [0.2, 0.25) is 10.0 Å². The monoisotopic (exact) mass is 287 g/mol. The smallest absolute Gasteiger partial charge is 0.243 e. The Labute approximate surface area is 112 Å². The molecule has 1 fully saturated rings. The molecule has 0 saturated carbocycles. The highest BCUT2D eigenvalue weighted by atomic mass is 32.2. The summed E-state index contributed by atoms with van der Waals surface area (Å²) in [5.41, 5.74) is 6.07. The number of sulfonamides is 1. The molecule has 1 heterocycles. The number of rotatable bonds is 2. The van der Waals surface area contributed by atoms with Crippen LogP contribution in [0.15, 0.2) is 17.0 Å². The van der Waals surface area contributed by atoms with Gasteiger partial charge in [0.15, 0.2) is 0 Å². The van der Waals surface area contributed by atoms with Gasteiger partial charge in [0.05, 0.1) is 4.90 Å². The van der Waals surface area contributed by atoms with E-state index in [-0.39, 0.29) is 16.1 Å². The zero-order valence-electron chi connectivity index (χ0n) is 11.1. The van der Waals surface area contributed by atoms with Crippen molar-refractivity contribution in [3.05, 3.63) is 23.5 Å². The number of hydrogen-bond donors (Lipinski definition) is 1. The number of hydrogen-bond acceptors (Lipinski definition) is 4. The molecule has 0 atom stereocenters. The summed E-state index contributed by atoms with van der Waals surface area (Å²) in [5.74, 6) is -0.590. The maximum absolute atomic E-state index is 13.6. The molecule has 0 amide bonds. The van der Waals surface area contributed by atoms with E-state index in [0.29, 0.717) is 26.2 Å². The van der Waals surface area contributed by atoms with E-state index in [4.69, 9.17) is 5.73 Å². The predicted octanol–water partition coefficient (Wildman–Crippen LogP) is 0.652. The molecule has 0 spiro atoms. The minimum Gasteiger partial charge on any atom is -0.398 e. The number of halogens is 1. The summed E-state index contributed by atoms with van der Waals surface area (Å²) in [5, 5.41) is 0. The van der Waals surface area contributed by atoms with Gasteiger partial charge in [-0.3, -0.25) is 0 Å². The Kier molecular flexibility index (Phi) is 3.80. The van der Waals surface area contributed by atoms with Crippen LogP contribution in [0.1, 0.15) is 5.56 Å². The first-order chi connectivity index (χ1) is 8.82. The lowest BCUT2D eigenvalue weighted by Gasteiger charge is -2.31. The van der Waals surface area contributed by atoms with Gasteiger partial charge in [0.25, 0.3) is 0 Å². The topological polar surface area (TPSA) is 66.6 Å². The maximum Gasteiger partial charge on any atom is 0.243 e. The molecular weight excluding hydrogens is 269 g/mol. The average molecular weight is 287 g/mol. The van der Waals surface area contributed by atoms with Crippen LogP contribution in [0.25, 0.3) is 0 Å². The van der Waals surface area contributed by atoms with Crippen molar-refractivity contribution >= 4 is 15.7 Å². The van der Waals surface area contributed by atoms with Gasteiger partial charge in [-0.1, -0.05) is 0 Å². The van der Waals surface area contributed by atoms with E-state index >= 15 is 0 Å². The fourth-order valence-electron chi connectivity index (χ4n) is 2.00. The second-order valence-electron chi connectivity index (χ2n) is 4.83. The fraction of sp³-hybridized carbons (Fsp3) is 0.500. The summed E-state index contributed by atoms with van der Waals surface area (Å²) in [6.45, 7) is 3.69. The molecule has 0 unspecified atom stereocenters. The lowest BCUT2D eigenvalue weighted by atomic mass is 10.2. The van der Waals surface area contributed by atoms with Gasteiger partial charge in [0, 0.05) is 37.4 Å². The Bertz CT molecular complexity index is 558. The minimum atomic E-state index is -3.66. The summed E-state index contributed by atoms with van der Waals surface area (Å²) in [7, 11) is -1.72. The Morgan fingerprint density at radius 3 is 2.32 bits per heavy atom. The molecule has 19 heavy (non-hydrogen) atoms. The molecule has 106 valence electrons. The number of nitrogens with zero attached hydrogens (tertiary/aromatic N) is 2. The van der Waals surface area contributed by atoms with Crippen LogP contribution in [-0.2, 0) is 10.0 Å². The minimum absolute atomic E-state index is 0.0716. The molecule has 1 aromatic rings. The van der Waals surface area contributed by atoms with Crippen LogP contribution in [0.4, 0.5) is 10.1 Å². The first-order valence-corrected chi connectivity index (χ1v) is 7.50. The Hall–Kier alpha value is -1.18. The first kappa shape index (κ1) is 14.2. The van der Waals surface area contributed by atoms with Crippen LogP contribution in [0.3, 0.4) is 0 Å². The SMILES string of the molecule is Cc1c(N)cc(S(=O)(=O)N2CCN(C)CC2)cc1F. The number of likely N-dealkylation sites (N-methyl/N-ethyl adjacent to an activating group) is 1. The average Bonchev–Trinajstić information content (AvgIpc) is 2.35. The molecule has 0 bridgehead atoms. The van der Waals surface area contributed by atoms with Crippen molar-refractivity contribution in [2.75, 3.05) is 39.0 Å². The second kappa shape index (κ2) is 5.07. The molecule has 7 heteroatoms. The Morgan fingerprint density at radius 1 is 1.21 bits per heavy atom. The van der Waals surface area contributed by atoms with Crippen molar-refractivity contribution in [1.29, 1.82) is 0 Å². The summed E-state index contributed by atoms with van der Waals surface area (Å²) >= 11 is 0. The molecule has 2 N–H and O–H groups in total. The molecule has 0 aliphatic carbocycles. The van der Waals surface area contributed by atoms with E-state index in [9.17, 15) is 12.8 Å². The van der Waals surface area contributed by atoms with Crippen molar-refractivity contribution < 1.29 is 12.8 Å². The van der Waals surface area contributed by atoms with Crippen molar-refractivity contribution in [3.63, 3.8) is 0 Å². The standard InChI is InChI=1S/C12H18FN3O2S/c1-9-11(13)7-10(8-12(9)14)19(17,18)16-5-3-15(2)4-6-16/h7-8H,3-6,14H2,1-2H3. The van der Waals surface area contributed by atoms with E-state index in [1.165, 1.54) is 17.3 Å². The second-order valence-corrected chi connectivity index (χ2v) is 6.76. The summed E-state index contributed by atoms with van der Waals surface area (Å²) in [6.07, 6.45) is 0. The van der Waals surface area contributed by atoms with Crippen LogP contribution in [0, 0.1) is 12.7 Å². The first-order valence-electron chi connectivity index (χ1n) is 6.06. The summed E-state index contributed by atoms with van der Waals surface area (Å²) < 4.78 is 39.8. The van der Waals surface area contributed by atoms with Crippen LogP contribution in [0.2, 0.25) is 0 Å². The molecule has 1 aliphatic heterocycles. The molecule has 1 aliphatic rings. The third kappa shape index (κ3) is 2.72. The van der Waals surface area contributed by atoms with E-state index in [0.717, 1.165) is 6.07 Å². The highest BCUT2D eigenvalue weighted by Crippen LogP contribution is 2.24. The molecule has 1 saturated heterocycles. The number of benzene rings is 1. The van der Waals surface area contributed by atoms with Gasteiger partial charge in [-0.05, 0) is 26.1 Å². The van der Waals surface area contributed by atoms with Crippen LogP contribution < -0.4 is 5.73 Å². The quantitative estimate of drug-likeness (QED) is 0.811. The van der Waals surface area contributed by atoms with E-state index in [1.54, 1.807) is 0 Å². The van der Waals surface area contributed by atoms with Crippen molar-refractivity contribution in [2.24, 2.45) is 0 Å². The van der Waals surface area contributed by atoms with Gasteiger partial charge < -0.3 is 10.6 Å². The normalized spacial score (nSPS) is 18.7. The zero-order chi connectivity index (χ0) is 14.2. The zero-order valence-corrected chi connectivity index (χ0v) is 11.9. The van der Waals surface area contributed by atoms with E-state index in [2.05, 4.69) is 4.90 Å². The van der Waals surface area contributed by atoms with Crippen LogP contribution in [-0.4, -0.2) is 50.8 Å². The number of nitrogens with two attached hydrogens (primary N) is 1. The molecule has 0 radical (unpaired) electrons. The van der Waals surface area contributed by atoms with Crippen molar-refractivity contribution in [3.8, 4) is 0 Å².